The van der Waals surface area contributed by atoms with Crippen molar-refractivity contribution < 1.29 is 9.59 Å². The van der Waals surface area contributed by atoms with Gasteiger partial charge < -0.3 is 10.2 Å². The third-order valence-corrected chi connectivity index (χ3v) is 4.54. The number of piperidine rings is 1. The first-order chi connectivity index (χ1) is 9.24. The molecule has 5 heteroatoms. The molecule has 2 fully saturated rings. The Balaban J connectivity index is 1.47. The number of carbonyl (C=O) groups is 2. The van der Waals surface area contributed by atoms with E-state index in [2.05, 4.69) is 5.32 Å². The summed E-state index contributed by atoms with van der Waals surface area (Å²) in [5, 5.41) is 6.83. The molecule has 0 atom stereocenters. The van der Waals surface area contributed by atoms with Crippen LogP contribution in [0, 0.1) is 5.92 Å². The van der Waals surface area contributed by atoms with Crippen molar-refractivity contribution in [3.05, 3.63) is 22.4 Å². The normalized spacial score (nSPS) is 20.3. The molecule has 0 bridgehead atoms. The highest BCUT2D eigenvalue weighted by atomic mass is 32.1. The number of rotatable bonds is 3. The topological polar surface area (TPSA) is 49.4 Å². The summed E-state index contributed by atoms with van der Waals surface area (Å²) in [5.41, 5.74) is 0.737. The Hall–Kier alpha value is -1.36. The van der Waals surface area contributed by atoms with Crippen LogP contribution in [-0.4, -0.2) is 35.8 Å². The summed E-state index contributed by atoms with van der Waals surface area (Å²) < 4.78 is 0. The van der Waals surface area contributed by atoms with Crippen LogP contribution in [0.3, 0.4) is 0 Å². The quantitative estimate of drug-likeness (QED) is 0.917. The lowest BCUT2D eigenvalue weighted by Gasteiger charge is -2.32. The minimum absolute atomic E-state index is 0.00761. The number of nitrogens with zero attached hydrogens (tertiary/aromatic N) is 1. The number of nitrogens with one attached hydrogen (secondary N) is 1. The van der Waals surface area contributed by atoms with Crippen molar-refractivity contribution in [2.45, 2.75) is 31.7 Å². The summed E-state index contributed by atoms with van der Waals surface area (Å²) in [6.45, 7) is 1.56. The van der Waals surface area contributed by atoms with Crippen molar-refractivity contribution in [3.8, 4) is 0 Å². The Morgan fingerprint density at radius 1 is 1.21 bits per heavy atom. The summed E-state index contributed by atoms with van der Waals surface area (Å²) in [6.07, 6.45) is 3.87. The van der Waals surface area contributed by atoms with Crippen molar-refractivity contribution in [2.75, 3.05) is 13.1 Å². The van der Waals surface area contributed by atoms with Gasteiger partial charge in [-0.2, -0.15) is 11.3 Å². The van der Waals surface area contributed by atoms with E-state index in [0.29, 0.717) is 11.8 Å². The van der Waals surface area contributed by atoms with Gasteiger partial charge in [0, 0.05) is 36.0 Å². The van der Waals surface area contributed by atoms with Crippen molar-refractivity contribution in [1.82, 2.24) is 10.2 Å². The number of carbonyl (C=O) groups excluding carboxylic acids is 2. The average molecular weight is 278 g/mol. The first kappa shape index (κ1) is 12.7. The predicted molar refractivity (Wildman–Crippen MR) is 74.1 cm³/mol. The van der Waals surface area contributed by atoms with Gasteiger partial charge in [0.1, 0.15) is 0 Å². The molecule has 0 aromatic carbocycles. The molecule has 1 N–H and O–H groups in total. The maximum absolute atomic E-state index is 11.9. The molecule has 1 aromatic rings. The van der Waals surface area contributed by atoms with Crippen LogP contribution < -0.4 is 5.32 Å². The lowest BCUT2D eigenvalue weighted by molar-refractivity contribution is -0.133. The molecule has 2 amide bonds. The molecule has 0 spiro atoms. The summed E-state index contributed by atoms with van der Waals surface area (Å²) in [6, 6.07) is 2.04. The van der Waals surface area contributed by atoms with Gasteiger partial charge in [-0.25, -0.2) is 0 Å². The van der Waals surface area contributed by atoms with Gasteiger partial charge in [0.15, 0.2) is 0 Å². The molecule has 2 heterocycles. The fourth-order valence-electron chi connectivity index (χ4n) is 2.50. The second-order valence-corrected chi connectivity index (χ2v) is 6.14. The fraction of sp³-hybridized carbons (Fsp3) is 0.571. The lowest BCUT2D eigenvalue weighted by atomic mass is 10.0. The molecule has 1 aromatic heterocycles. The minimum atomic E-state index is 0.00761. The van der Waals surface area contributed by atoms with Gasteiger partial charge in [-0.3, -0.25) is 9.59 Å². The van der Waals surface area contributed by atoms with E-state index in [0.717, 1.165) is 44.3 Å². The fourth-order valence-corrected chi connectivity index (χ4v) is 3.13. The largest absolute Gasteiger partial charge is 0.349 e. The van der Waals surface area contributed by atoms with Gasteiger partial charge in [0.05, 0.1) is 0 Å². The molecular weight excluding hydrogens is 260 g/mol. The maximum atomic E-state index is 11.9. The molecule has 0 unspecified atom stereocenters. The van der Waals surface area contributed by atoms with Gasteiger partial charge in [0.25, 0.3) is 5.91 Å². The van der Waals surface area contributed by atoms with E-state index in [9.17, 15) is 9.59 Å². The summed E-state index contributed by atoms with van der Waals surface area (Å²) in [7, 11) is 0. The molecular formula is C14H18N2O2S. The average Bonchev–Trinajstić information content (AvgIpc) is 3.13. The predicted octanol–water partition coefficient (Wildman–Crippen LogP) is 1.88. The molecule has 1 saturated heterocycles. The van der Waals surface area contributed by atoms with E-state index in [-0.39, 0.29) is 11.9 Å². The third kappa shape index (κ3) is 2.97. The molecule has 102 valence electrons. The molecule has 1 saturated carbocycles. The Morgan fingerprint density at radius 2 is 1.95 bits per heavy atom. The number of hydrogen-bond donors (Lipinski definition) is 1. The minimum Gasteiger partial charge on any atom is -0.349 e. The molecule has 0 radical (unpaired) electrons. The van der Waals surface area contributed by atoms with Gasteiger partial charge in [-0.15, -0.1) is 0 Å². The van der Waals surface area contributed by atoms with Gasteiger partial charge >= 0.3 is 0 Å². The molecule has 3 rings (SSSR count). The number of amides is 2. The highest BCUT2D eigenvalue weighted by Gasteiger charge is 2.35. The number of likely N-dealkylation sites (tertiary alicyclic amines) is 1. The highest BCUT2D eigenvalue weighted by Crippen LogP contribution is 2.31. The van der Waals surface area contributed by atoms with Crippen molar-refractivity contribution >= 4 is 23.2 Å². The SMILES string of the molecule is O=C(NC1CCN(C(=O)C2CC2)CC1)c1ccsc1. The van der Waals surface area contributed by atoms with E-state index in [4.69, 9.17) is 0 Å². The Bertz CT molecular complexity index is 460. The Kier molecular flexibility index (Phi) is 3.55. The molecule has 1 aliphatic heterocycles. The molecule has 19 heavy (non-hydrogen) atoms. The maximum Gasteiger partial charge on any atom is 0.252 e. The van der Waals surface area contributed by atoms with Crippen LogP contribution in [0.5, 0.6) is 0 Å². The van der Waals surface area contributed by atoms with E-state index in [1.165, 1.54) is 11.3 Å². The van der Waals surface area contributed by atoms with Crippen LogP contribution in [0.25, 0.3) is 0 Å². The van der Waals surface area contributed by atoms with E-state index >= 15 is 0 Å². The standard InChI is InChI=1S/C14H18N2O2S/c17-13(11-5-8-19-9-11)15-12-3-6-16(7-4-12)14(18)10-1-2-10/h5,8-10,12H,1-4,6-7H2,(H,15,17). The summed E-state index contributed by atoms with van der Waals surface area (Å²) in [4.78, 5) is 25.8. The van der Waals surface area contributed by atoms with Crippen molar-refractivity contribution in [1.29, 1.82) is 0 Å². The molecule has 2 aliphatic rings. The monoisotopic (exact) mass is 278 g/mol. The van der Waals surface area contributed by atoms with Gasteiger partial charge in [0.2, 0.25) is 5.91 Å². The van der Waals surface area contributed by atoms with E-state index < -0.39 is 0 Å². The van der Waals surface area contributed by atoms with Crippen LogP contribution in [0.1, 0.15) is 36.0 Å². The Labute approximate surface area is 116 Å². The molecule has 4 nitrogen and oxygen atoms in total. The first-order valence-electron chi connectivity index (χ1n) is 6.86. The van der Waals surface area contributed by atoms with Crippen LogP contribution >= 0.6 is 11.3 Å². The summed E-state index contributed by atoms with van der Waals surface area (Å²) >= 11 is 1.53. The zero-order chi connectivity index (χ0) is 13.2. The second kappa shape index (κ2) is 5.33. The van der Waals surface area contributed by atoms with Gasteiger partial charge in [-0.05, 0) is 37.1 Å². The van der Waals surface area contributed by atoms with Crippen LogP contribution in [0.15, 0.2) is 16.8 Å². The van der Waals surface area contributed by atoms with Crippen LogP contribution in [0.2, 0.25) is 0 Å². The third-order valence-electron chi connectivity index (χ3n) is 3.85. The summed E-state index contributed by atoms with van der Waals surface area (Å²) in [5.74, 6) is 0.632. The van der Waals surface area contributed by atoms with E-state index in [1.807, 2.05) is 21.7 Å². The lowest BCUT2D eigenvalue weighted by Crippen LogP contribution is -2.46. The smallest absolute Gasteiger partial charge is 0.252 e. The zero-order valence-corrected chi connectivity index (χ0v) is 11.6. The van der Waals surface area contributed by atoms with E-state index in [1.54, 1.807) is 0 Å². The zero-order valence-electron chi connectivity index (χ0n) is 10.8. The van der Waals surface area contributed by atoms with Crippen LogP contribution in [0.4, 0.5) is 0 Å². The number of hydrogen-bond acceptors (Lipinski definition) is 3. The highest BCUT2D eigenvalue weighted by molar-refractivity contribution is 7.08. The molecule has 1 aliphatic carbocycles. The second-order valence-electron chi connectivity index (χ2n) is 5.36. The van der Waals surface area contributed by atoms with Crippen LogP contribution in [-0.2, 0) is 4.79 Å². The Morgan fingerprint density at radius 3 is 2.53 bits per heavy atom. The van der Waals surface area contributed by atoms with Crippen molar-refractivity contribution in [2.24, 2.45) is 5.92 Å². The first-order valence-corrected chi connectivity index (χ1v) is 7.80. The number of thiophene rings is 1. The van der Waals surface area contributed by atoms with Gasteiger partial charge in [-0.1, -0.05) is 0 Å². The van der Waals surface area contributed by atoms with Crippen molar-refractivity contribution in [3.63, 3.8) is 0 Å².